The van der Waals surface area contributed by atoms with Gasteiger partial charge in [0.1, 0.15) is 15.9 Å². The summed E-state index contributed by atoms with van der Waals surface area (Å²) in [5.74, 6) is -1.28. The van der Waals surface area contributed by atoms with Crippen molar-refractivity contribution in [3.63, 3.8) is 0 Å². The van der Waals surface area contributed by atoms with Gasteiger partial charge in [-0.1, -0.05) is 99.1 Å². The van der Waals surface area contributed by atoms with Crippen LogP contribution < -0.4 is 16.0 Å². The maximum Gasteiger partial charge on any atom is 0.341 e. The van der Waals surface area contributed by atoms with Gasteiger partial charge in [-0.05, 0) is 90.3 Å². The summed E-state index contributed by atoms with van der Waals surface area (Å²) in [7, 11) is 1.36. The zero-order valence-corrected chi connectivity index (χ0v) is 32.2. The number of esters is 1. The highest BCUT2D eigenvalue weighted by molar-refractivity contribution is 8.00. The highest BCUT2D eigenvalue weighted by atomic mass is 32.2. The van der Waals surface area contributed by atoms with Crippen molar-refractivity contribution >= 4 is 63.6 Å². The van der Waals surface area contributed by atoms with Crippen molar-refractivity contribution in [2.75, 3.05) is 17.7 Å². The Morgan fingerprint density at radius 3 is 2.19 bits per heavy atom. The minimum atomic E-state index is -0.681. The lowest BCUT2D eigenvalue weighted by Gasteiger charge is -2.18. The molecule has 1 unspecified atom stereocenters. The molecular formula is C44H43N3O5S2. The van der Waals surface area contributed by atoms with Crippen LogP contribution in [0, 0.1) is 0 Å². The van der Waals surface area contributed by atoms with Crippen LogP contribution in [0.4, 0.5) is 10.7 Å². The number of anilines is 2. The predicted octanol–water partition coefficient (Wildman–Crippen LogP) is 9.81. The average Bonchev–Trinajstić information content (AvgIpc) is 3.36. The van der Waals surface area contributed by atoms with Crippen LogP contribution in [-0.2, 0) is 27.2 Å². The summed E-state index contributed by atoms with van der Waals surface area (Å²) in [6.45, 7) is 4.23. The summed E-state index contributed by atoms with van der Waals surface area (Å²) in [6, 6.07) is 33.3. The molecule has 0 aliphatic heterocycles. The van der Waals surface area contributed by atoms with E-state index >= 15 is 0 Å². The molecule has 4 aromatic carbocycles. The number of carbonyl (C=O) groups excluding carboxylic acids is 4. The van der Waals surface area contributed by atoms with Crippen molar-refractivity contribution in [2.45, 2.75) is 62.0 Å². The van der Waals surface area contributed by atoms with Gasteiger partial charge in [0, 0.05) is 21.0 Å². The van der Waals surface area contributed by atoms with Crippen molar-refractivity contribution in [2.24, 2.45) is 0 Å². The second-order valence-corrected chi connectivity index (χ2v) is 15.6. The molecule has 0 spiro atoms. The fourth-order valence-electron chi connectivity index (χ4n) is 6.29. The summed E-state index contributed by atoms with van der Waals surface area (Å²) in [5, 5.41) is 8.67. The van der Waals surface area contributed by atoms with Gasteiger partial charge in [0.25, 0.3) is 11.8 Å². The number of amides is 3. The lowest BCUT2D eigenvalue weighted by Crippen LogP contribution is -2.30. The lowest BCUT2D eigenvalue weighted by atomic mass is 10.0. The average molecular weight is 758 g/mol. The molecule has 0 saturated heterocycles. The molecule has 1 aliphatic rings. The Bertz CT molecular complexity index is 2140. The normalized spacial score (nSPS) is 13.3. The number of thioether (sulfide) groups is 1. The van der Waals surface area contributed by atoms with Crippen LogP contribution >= 0.6 is 23.1 Å². The van der Waals surface area contributed by atoms with Crippen LogP contribution in [-0.4, -0.2) is 30.8 Å². The van der Waals surface area contributed by atoms with E-state index in [0.29, 0.717) is 27.7 Å². The Labute approximate surface area is 324 Å². The molecule has 8 nitrogen and oxygen atoms in total. The van der Waals surface area contributed by atoms with E-state index in [-0.39, 0.29) is 11.6 Å². The quantitative estimate of drug-likeness (QED) is 0.0506. The molecule has 54 heavy (non-hydrogen) atoms. The molecule has 1 aromatic heterocycles. The number of aryl methyl sites for hydroxylation is 1. The van der Waals surface area contributed by atoms with E-state index in [1.807, 2.05) is 66.7 Å². The number of ether oxygens (including phenoxy) is 1. The first-order valence-electron chi connectivity index (χ1n) is 18.0. The number of benzene rings is 4. The predicted molar refractivity (Wildman–Crippen MR) is 218 cm³/mol. The van der Waals surface area contributed by atoms with Gasteiger partial charge in [-0.2, -0.15) is 0 Å². The van der Waals surface area contributed by atoms with Crippen molar-refractivity contribution in [1.29, 1.82) is 0 Å². The molecule has 0 radical (unpaired) electrons. The standard InChI is InChI=1S/C44H43N3O5S2/c1-28(2)30-24-22-29(23-25-30)26-36(46-40(48)32-16-9-5-10-17-32)41(49)45-33-18-13-19-34(27-33)53-39(31-14-7-4-8-15-31)42(50)47-43-38(44(51)52-3)35-20-11-6-12-21-37(35)54-43/h4-5,7-10,13-19,22-28,39H,6,11-12,20-21H2,1-3H3,(H,45,49)(H,46,48)(H,47,50)/b36-26+. The zero-order chi connectivity index (χ0) is 38.0. The number of rotatable bonds is 12. The summed E-state index contributed by atoms with van der Waals surface area (Å²) in [4.78, 5) is 56.1. The minimum Gasteiger partial charge on any atom is -0.465 e. The number of thiophene rings is 1. The maximum atomic E-state index is 14.2. The van der Waals surface area contributed by atoms with Crippen molar-refractivity contribution in [3.8, 4) is 0 Å². The molecule has 1 aliphatic carbocycles. The summed E-state index contributed by atoms with van der Waals surface area (Å²) >= 11 is 2.79. The molecule has 0 saturated carbocycles. The fourth-order valence-corrected chi connectivity index (χ4v) is 8.66. The Kier molecular flexibility index (Phi) is 12.8. The van der Waals surface area contributed by atoms with Gasteiger partial charge in [0.05, 0.1) is 12.7 Å². The molecule has 276 valence electrons. The van der Waals surface area contributed by atoms with Gasteiger partial charge in [-0.15, -0.1) is 23.1 Å². The van der Waals surface area contributed by atoms with Crippen LogP contribution in [0.25, 0.3) is 6.08 Å². The maximum absolute atomic E-state index is 14.2. The first kappa shape index (κ1) is 38.3. The molecule has 0 fully saturated rings. The third-order valence-electron chi connectivity index (χ3n) is 9.18. The zero-order valence-electron chi connectivity index (χ0n) is 30.5. The summed E-state index contributed by atoms with van der Waals surface area (Å²) in [5.41, 5.74) is 5.13. The van der Waals surface area contributed by atoms with E-state index in [0.717, 1.165) is 64.1 Å². The summed E-state index contributed by atoms with van der Waals surface area (Å²) < 4.78 is 5.17. The van der Waals surface area contributed by atoms with Crippen molar-refractivity contribution in [3.05, 3.63) is 153 Å². The van der Waals surface area contributed by atoms with Crippen LogP contribution in [0.3, 0.4) is 0 Å². The number of nitrogens with one attached hydrogen (secondary N) is 3. The van der Waals surface area contributed by atoms with E-state index in [4.69, 9.17) is 4.74 Å². The topological polar surface area (TPSA) is 114 Å². The Morgan fingerprint density at radius 1 is 0.778 bits per heavy atom. The number of fused-ring (bicyclic) bond motifs is 1. The van der Waals surface area contributed by atoms with Gasteiger partial charge >= 0.3 is 5.97 Å². The molecule has 3 N–H and O–H groups in total. The van der Waals surface area contributed by atoms with Crippen molar-refractivity contribution in [1.82, 2.24) is 5.32 Å². The Hall–Kier alpha value is -5.45. The number of carbonyl (C=O) groups is 4. The molecule has 5 aromatic rings. The number of hydrogen-bond donors (Lipinski definition) is 3. The number of methoxy groups -OCH3 is 1. The first-order valence-corrected chi connectivity index (χ1v) is 19.7. The van der Waals surface area contributed by atoms with E-state index < -0.39 is 23.0 Å². The summed E-state index contributed by atoms with van der Waals surface area (Å²) in [6.07, 6.45) is 6.42. The minimum absolute atomic E-state index is 0.0801. The van der Waals surface area contributed by atoms with E-state index in [2.05, 4.69) is 29.8 Å². The monoisotopic (exact) mass is 757 g/mol. The molecule has 1 heterocycles. The third kappa shape index (κ3) is 9.55. The second kappa shape index (κ2) is 18.1. The Morgan fingerprint density at radius 2 is 1.48 bits per heavy atom. The SMILES string of the molecule is COC(=O)c1c(NC(=O)C(Sc2cccc(NC(=O)/C(=C\c3ccc(C(C)C)cc3)NC(=O)c3ccccc3)c2)c2ccccc2)sc2c1CCCCC2. The van der Waals surface area contributed by atoms with Crippen LogP contribution in [0.1, 0.15) is 92.1 Å². The number of hydrogen-bond acceptors (Lipinski definition) is 7. The van der Waals surface area contributed by atoms with Crippen molar-refractivity contribution < 1.29 is 23.9 Å². The van der Waals surface area contributed by atoms with Gasteiger partial charge < -0.3 is 20.7 Å². The van der Waals surface area contributed by atoms with Crippen LogP contribution in [0.5, 0.6) is 0 Å². The van der Waals surface area contributed by atoms with Gasteiger partial charge in [-0.3, -0.25) is 14.4 Å². The molecule has 0 bridgehead atoms. The van der Waals surface area contributed by atoms with E-state index in [1.165, 1.54) is 30.2 Å². The second-order valence-electron chi connectivity index (χ2n) is 13.3. The van der Waals surface area contributed by atoms with Gasteiger partial charge in [0.15, 0.2) is 0 Å². The Balaban J connectivity index is 1.25. The molecule has 1 atom stereocenters. The van der Waals surface area contributed by atoms with Crippen LogP contribution in [0.15, 0.2) is 120 Å². The van der Waals surface area contributed by atoms with E-state index in [9.17, 15) is 19.2 Å². The largest absolute Gasteiger partial charge is 0.465 e. The van der Waals surface area contributed by atoms with Gasteiger partial charge in [0.2, 0.25) is 5.91 Å². The third-order valence-corrected chi connectivity index (χ3v) is 11.6. The highest BCUT2D eigenvalue weighted by Gasteiger charge is 2.29. The van der Waals surface area contributed by atoms with Crippen LogP contribution in [0.2, 0.25) is 0 Å². The van der Waals surface area contributed by atoms with Gasteiger partial charge in [-0.25, -0.2) is 4.79 Å². The highest BCUT2D eigenvalue weighted by Crippen LogP contribution is 2.41. The fraction of sp³-hybridized carbons (Fsp3) is 0.227. The molecule has 10 heteroatoms. The smallest absolute Gasteiger partial charge is 0.341 e. The lowest BCUT2D eigenvalue weighted by molar-refractivity contribution is -0.116. The molecule has 6 rings (SSSR count). The first-order chi connectivity index (χ1) is 26.2. The van der Waals surface area contributed by atoms with E-state index in [1.54, 1.807) is 48.5 Å². The molecular weight excluding hydrogens is 715 g/mol. The molecule has 3 amide bonds.